The molecule has 0 aliphatic carbocycles. The van der Waals surface area contributed by atoms with Crippen molar-refractivity contribution in [2.45, 2.75) is 217 Å². The molecular formula is C64H105N17O27. The van der Waals surface area contributed by atoms with Gasteiger partial charge in [0.1, 0.15) is 78.5 Å². The second-order valence-electron chi connectivity index (χ2n) is 27.1. The minimum atomic E-state index is -2.04. The molecule has 25 N–H and O–H groups in total. The molecule has 0 aromatic heterocycles. The first kappa shape index (κ1) is 93.8. The third-order valence-electron chi connectivity index (χ3n) is 16.8. The topological polar surface area (TPSA) is 701 Å². The number of carbonyl (C=O) groups excluding carboxylic acids is 16. The Kier molecular flexibility index (Phi) is 40.0. The predicted octanol–water partition coefficient (Wildman–Crippen LogP) is -11.3. The summed E-state index contributed by atoms with van der Waals surface area (Å²) < 4.78 is 0. The molecule has 0 spiro atoms. The summed E-state index contributed by atoms with van der Waals surface area (Å²) in [6, 6.07) is -22.4. The van der Waals surface area contributed by atoms with Gasteiger partial charge >= 0.3 is 17.9 Å². The Labute approximate surface area is 619 Å². The van der Waals surface area contributed by atoms with Crippen LogP contribution in [0.5, 0.6) is 0 Å². The zero-order valence-electron chi connectivity index (χ0n) is 61.2. The summed E-state index contributed by atoms with van der Waals surface area (Å²) in [5, 5.41) is 109. The van der Waals surface area contributed by atoms with Crippen LogP contribution in [0, 0.1) is 17.8 Å². The van der Waals surface area contributed by atoms with Gasteiger partial charge in [0.25, 0.3) is 0 Å². The molecule has 0 aromatic carbocycles. The van der Waals surface area contributed by atoms with Crippen LogP contribution in [-0.4, -0.2) is 306 Å². The van der Waals surface area contributed by atoms with Gasteiger partial charge in [0.15, 0.2) is 0 Å². The van der Waals surface area contributed by atoms with Crippen LogP contribution >= 0.6 is 0 Å². The highest BCUT2D eigenvalue weighted by atomic mass is 16.4. The number of aliphatic carboxylic acids is 3. The van der Waals surface area contributed by atoms with Crippen LogP contribution in [0.3, 0.4) is 0 Å². The van der Waals surface area contributed by atoms with Gasteiger partial charge in [-0.15, -0.1) is 0 Å². The molecule has 16 amide bonds. The van der Waals surface area contributed by atoms with E-state index in [4.69, 9.17) is 11.5 Å². The van der Waals surface area contributed by atoms with Gasteiger partial charge in [-0.2, -0.15) is 0 Å². The van der Waals surface area contributed by atoms with Gasteiger partial charge in [-0.1, -0.05) is 41.5 Å². The van der Waals surface area contributed by atoms with E-state index in [0.717, 1.165) is 16.7 Å². The smallest absolute Gasteiger partial charge is 0.326 e. The summed E-state index contributed by atoms with van der Waals surface area (Å²) in [4.78, 5) is 250. The monoisotopic (exact) mass is 1540 g/mol. The zero-order valence-corrected chi connectivity index (χ0v) is 61.2. The van der Waals surface area contributed by atoms with Crippen molar-refractivity contribution < 1.29 is 132 Å². The van der Waals surface area contributed by atoms with E-state index >= 15 is 0 Å². The van der Waals surface area contributed by atoms with Crippen LogP contribution in [0.1, 0.15) is 126 Å². The highest BCUT2D eigenvalue weighted by molar-refractivity contribution is 6.01. The number of aliphatic hydroxyl groups excluding tert-OH is 5. The third kappa shape index (κ3) is 31.3. The van der Waals surface area contributed by atoms with Gasteiger partial charge in [-0.25, -0.2) is 4.79 Å². The highest BCUT2D eigenvalue weighted by Gasteiger charge is 2.43. The number of hydrogen-bond donors (Lipinski definition) is 23. The summed E-state index contributed by atoms with van der Waals surface area (Å²) in [6.45, 7) is 5.81. The lowest BCUT2D eigenvalue weighted by Crippen LogP contribution is -2.61. The van der Waals surface area contributed by atoms with Gasteiger partial charge in [0, 0.05) is 25.9 Å². The normalized spacial score (nSPS) is 17.6. The third-order valence-corrected chi connectivity index (χ3v) is 16.8. The van der Waals surface area contributed by atoms with Crippen molar-refractivity contribution in [1.82, 2.24) is 78.9 Å². The minimum absolute atomic E-state index is 0.0354. The van der Waals surface area contributed by atoms with Crippen LogP contribution in [0.15, 0.2) is 0 Å². The van der Waals surface area contributed by atoms with Crippen molar-refractivity contribution in [3.63, 3.8) is 0 Å². The molecule has 2 aliphatic heterocycles. The minimum Gasteiger partial charge on any atom is -0.481 e. The summed E-state index contributed by atoms with van der Waals surface area (Å²) in [5.41, 5.74) is 10.9. The van der Waals surface area contributed by atoms with Gasteiger partial charge in [-0.05, 0) is 83.0 Å². The first-order valence-electron chi connectivity index (χ1n) is 34.8. The molecule has 2 heterocycles. The van der Waals surface area contributed by atoms with E-state index in [9.17, 15) is 132 Å². The Balaban J connectivity index is 2.15. The van der Waals surface area contributed by atoms with Crippen LogP contribution in [0.25, 0.3) is 0 Å². The molecule has 0 bridgehead atoms. The number of carbonyl (C=O) groups is 19. The molecule has 0 aromatic rings. The lowest BCUT2D eigenvalue weighted by atomic mass is 9.98. The highest BCUT2D eigenvalue weighted by Crippen LogP contribution is 2.21. The summed E-state index contributed by atoms with van der Waals surface area (Å²) in [6.07, 6.45) is -4.35. The predicted molar refractivity (Wildman–Crippen MR) is 369 cm³/mol. The van der Waals surface area contributed by atoms with Crippen molar-refractivity contribution in [3.8, 4) is 0 Å². The number of amides is 16. The fourth-order valence-electron chi connectivity index (χ4n) is 11.0. The zero-order chi connectivity index (χ0) is 82.1. The molecule has 608 valence electrons. The average molecular weight is 1540 g/mol. The van der Waals surface area contributed by atoms with Crippen LogP contribution < -0.4 is 80.6 Å². The van der Waals surface area contributed by atoms with Crippen molar-refractivity contribution in [2.75, 3.05) is 52.6 Å². The Bertz CT molecular complexity index is 3230. The number of hydrogen-bond acceptors (Lipinski definition) is 25. The molecule has 0 saturated carbocycles. The van der Waals surface area contributed by atoms with Crippen molar-refractivity contribution in [1.29, 1.82) is 0 Å². The molecule has 2 rings (SSSR count). The second kappa shape index (κ2) is 46.0. The first-order chi connectivity index (χ1) is 50.5. The van der Waals surface area contributed by atoms with E-state index in [2.05, 4.69) is 69.1 Å². The maximum Gasteiger partial charge on any atom is 0.326 e. The molecule has 0 unspecified atom stereocenters. The van der Waals surface area contributed by atoms with Crippen molar-refractivity contribution in [3.05, 3.63) is 0 Å². The van der Waals surface area contributed by atoms with E-state index in [1.807, 2.05) is 0 Å². The number of nitrogens with two attached hydrogens (primary N) is 2. The molecule has 44 nitrogen and oxygen atoms in total. The van der Waals surface area contributed by atoms with Gasteiger partial charge in [0.05, 0.1) is 58.1 Å². The van der Waals surface area contributed by atoms with E-state index in [1.54, 1.807) is 27.7 Å². The largest absolute Gasteiger partial charge is 0.481 e. The van der Waals surface area contributed by atoms with E-state index < -0.39 is 274 Å². The van der Waals surface area contributed by atoms with E-state index in [1.165, 1.54) is 20.8 Å². The molecule has 108 heavy (non-hydrogen) atoms. The number of carboxylic acid groups (broad SMARTS) is 3. The van der Waals surface area contributed by atoms with Crippen LogP contribution in [0.4, 0.5) is 0 Å². The quantitative estimate of drug-likeness (QED) is 0.0269. The molecule has 2 saturated heterocycles. The Hall–Kier alpha value is -10.3. The molecule has 2 aliphatic rings. The molecule has 2 fully saturated rings. The number of nitrogens with zero attached hydrogens (tertiary/aromatic N) is 2. The standard InChI is InChI=1S/C64H105N17O27/c1-28(2)19-35(55(98)73-36(20-29(3)4)57(100)79-49(30(5)6)60(103)69-31(7)51(94)67-22-45(88)70-39(25-83)58(101)77-41(27-85)63(106)81-18-10-12-43(81)64(107)108)72-56(99)37(21-48(92)93)74-61(104)50(32(8)86)78-46(89)23-68-53(96)38(24-82)75-59(102)42-11-9-17-80(42)62(105)40(26-84)76-54(97)34(14-16-47(90)91)71-52(95)33(65)13-15-44(66)87/h28-43,49-50,82-86H,9-27,65H2,1-8H3,(H2,66,87)(H,67,94)(H,68,96)(H,69,103)(H,70,88)(H,71,95)(H,72,99)(H,73,98)(H,74,104)(H,75,102)(H,76,97)(H,77,101)(H,78,89)(H,79,100)(H,90,91)(H,92,93)(H,107,108)/t31-,32+,33-,34-,35-,36-,37-,38-,39-,40-,41-,42-,43-,49-,50-/m0/s1. The lowest BCUT2D eigenvalue weighted by Gasteiger charge is -2.30. The van der Waals surface area contributed by atoms with Crippen molar-refractivity contribution >= 4 is 112 Å². The lowest BCUT2D eigenvalue weighted by molar-refractivity contribution is -0.150. The SMILES string of the molecule is CC(C)C[C@H](NC(=O)[C@H](CC(=O)O)NC(=O)[C@@H](NC(=O)CNC(=O)[C@H](CO)NC(=O)[C@@H]1CCCN1C(=O)[C@H](CO)NC(=O)[C@H](CCC(=O)O)NC(=O)[C@@H](N)CCC(N)=O)[C@@H](C)O)C(=O)N[C@@H](CC(C)C)C(=O)N[C@H](C(=O)N[C@@H](C)C(=O)NCC(=O)N[C@@H](CO)C(=O)N[C@@H](CO)C(=O)N1CCC[C@H]1C(=O)O)C(C)C. The number of rotatable bonds is 47. The van der Waals surface area contributed by atoms with Gasteiger partial charge in [0.2, 0.25) is 94.5 Å². The van der Waals surface area contributed by atoms with Gasteiger partial charge in [-0.3, -0.25) is 86.3 Å². The van der Waals surface area contributed by atoms with E-state index in [-0.39, 0.29) is 64.0 Å². The molecule has 44 heteroatoms. The molecule has 0 radical (unpaired) electrons. The first-order valence-corrected chi connectivity index (χ1v) is 34.8. The van der Waals surface area contributed by atoms with Crippen LogP contribution in [-0.2, 0) is 91.1 Å². The Morgan fingerprint density at radius 3 is 1.30 bits per heavy atom. The number of nitrogens with one attached hydrogen (secondary N) is 13. The fourth-order valence-corrected chi connectivity index (χ4v) is 11.0. The van der Waals surface area contributed by atoms with Crippen LogP contribution in [0.2, 0.25) is 0 Å². The second-order valence-corrected chi connectivity index (χ2v) is 27.1. The van der Waals surface area contributed by atoms with Crippen molar-refractivity contribution in [2.24, 2.45) is 29.2 Å². The van der Waals surface area contributed by atoms with E-state index in [0.29, 0.717) is 6.42 Å². The summed E-state index contributed by atoms with van der Waals surface area (Å²) >= 11 is 0. The Morgan fingerprint density at radius 1 is 0.417 bits per heavy atom. The molecule has 15 atom stereocenters. The Morgan fingerprint density at radius 2 is 0.833 bits per heavy atom. The maximum absolute atomic E-state index is 14.2. The number of primary amides is 1. The summed E-state index contributed by atoms with van der Waals surface area (Å²) in [7, 11) is 0. The maximum atomic E-state index is 14.2. The fraction of sp³-hybridized carbons (Fsp3) is 0.703. The van der Waals surface area contributed by atoms with Gasteiger partial charge < -0.3 is 131 Å². The summed E-state index contributed by atoms with van der Waals surface area (Å²) in [5.74, 6) is -22.7. The number of carboxylic acids is 3. The number of aliphatic hydroxyl groups is 5. The number of likely N-dealkylation sites (tertiary alicyclic amines) is 2. The average Bonchev–Trinajstić information content (AvgIpc) is 1.68. The molecular weight excluding hydrogens is 1440 g/mol.